The third kappa shape index (κ3) is 9.35. The molecule has 0 aliphatic rings. The summed E-state index contributed by atoms with van der Waals surface area (Å²) in [6.45, 7) is 5.61. The number of aliphatic imine (C=N–C) groups is 1. The molecule has 1 aromatic rings. The van der Waals surface area contributed by atoms with Crippen LogP contribution in [0.15, 0.2) is 23.2 Å². The summed E-state index contributed by atoms with van der Waals surface area (Å²) in [5.41, 5.74) is 0.516. The number of hydrogen-bond donors (Lipinski definition) is 2. The summed E-state index contributed by atoms with van der Waals surface area (Å²) in [7, 11) is 0.624. The highest BCUT2D eigenvalue weighted by Crippen LogP contribution is 2.32. The number of hydrogen-bond acceptors (Lipinski definition) is 4. The Labute approximate surface area is 185 Å². The van der Waals surface area contributed by atoms with Crippen molar-refractivity contribution in [1.29, 1.82) is 0 Å². The average molecular weight is 533 g/mol. The molecule has 1 unspecified atom stereocenters. The molecule has 2 N–H and O–H groups in total. The number of guanidine groups is 1. The van der Waals surface area contributed by atoms with Gasteiger partial charge in [0.05, 0.1) is 6.61 Å². The fraction of sp³-hybridized carbons (Fsp3) is 0.611. The van der Waals surface area contributed by atoms with Crippen LogP contribution in [0.25, 0.3) is 0 Å². The van der Waals surface area contributed by atoms with Gasteiger partial charge in [0.15, 0.2) is 17.5 Å². The number of ether oxygens (including phenoxy) is 2. The minimum Gasteiger partial charge on any atom is -0.490 e. The van der Waals surface area contributed by atoms with E-state index in [1.165, 1.54) is 0 Å². The van der Waals surface area contributed by atoms with Crippen molar-refractivity contribution in [3.8, 4) is 11.5 Å². The predicted molar refractivity (Wildman–Crippen MR) is 121 cm³/mol. The maximum Gasteiger partial charge on any atom is 0.387 e. The van der Waals surface area contributed by atoms with Gasteiger partial charge >= 0.3 is 6.61 Å². The highest BCUT2D eigenvalue weighted by Gasteiger charge is 2.19. The third-order valence-corrected chi connectivity index (χ3v) is 5.44. The Morgan fingerprint density at radius 1 is 1.29 bits per heavy atom. The first-order valence-electron chi connectivity index (χ1n) is 8.71. The van der Waals surface area contributed by atoms with Crippen LogP contribution in [0.5, 0.6) is 11.5 Å². The van der Waals surface area contributed by atoms with Crippen molar-refractivity contribution >= 4 is 40.7 Å². The van der Waals surface area contributed by atoms with E-state index in [0.717, 1.165) is 0 Å². The SMILES string of the molecule is CCOc1cccc(CNC(=NC)NCCS(=O)C(C)(C)C)c1OC(F)F.I. The standard InChI is InChI=1S/C18H29F2N3O3S.HI/c1-6-25-14-9-7-8-13(15(14)26-16(19)20)12-23-17(21-5)22-10-11-27(24)18(2,3)4;/h7-9,16H,6,10-12H2,1-5H3,(H2,21,22,23);1H. The first-order valence-corrected chi connectivity index (χ1v) is 10.0. The van der Waals surface area contributed by atoms with Crippen LogP contribution in [0.3, 0.4) is 0 Å². The van der Waals surface area contributed by atoms with Crippen molar-refractivity contribution in [2.24, 2.45) is 4.99 Å². The number of nitrogens with one attached hydrogen (secondary N) is 2. The molecule has 0 aliphatic heterocycles. The minimum atomic E-state index is -2.95. The maximum atomic E-state index is 12.8. The van der Waals surface area contributed by atoms with Gasteiger partial charge in [0.2, 0.25) is 0 Å². The highest BCUT2D eigenvalue weighted by atomic mass is 127. The lowest BCUT2D eigenvalue weighted by molar-refractivity contribution is -0.0520. The lowest BCUT2D eigenvalue weighted by Crippen LogP contribution is -2.40. The van der Waals surface area contributed by atoms with Gasteiger partial charge in [0.1, 0.15) is 0 Å². The zero-order chi connectivity index (χ0) is 20.4. The zero-order valence-electron chi connectivity index (χ0n) is 16.9. The summed E-state index contributed by atoms with van der Waals surface area (Å²) in [5, 5.41) is 6.11. The Bertz CT molecular complexity index is 655. The molecule has 0 amide bonds. The van der Waals surface area contributed by atoms with Crippen LogP contribution in [0.4, 0.5) is 8.78 Å². The summed E-state index contributed by atoms with van der Waals surface area (Å²) in [6.07, 6.45) is 0. The van der Waals surface area contributed by atoms with Gasteiger partial charge in [-0.25, -0.2) is 0 Å². The van der Waals surface area contributed by atoms with Gasteiger partial charge in [-0.15, -0.1) is 24.0 Å². The lowest BCUT2D eigenvalue weighted by Gasteiger charge is -2.19. The monoisotopic (exact) mass is 533 g/mol. The second-order valence-corrected chi connectivity index (χ2v) is 8.89. The second kappa shape index (κ2) is 13.1. The quantitative estimate of drug-likeness (QED) is 0.289. The van der Waals surface area contributed by atoms with Crippen molar-refractivity contribution in [2.75, 3.05) is 26.0 Å². The van der Waals surface area contributed by atoms with E-state index in [4.69, 9.17) is 4.74 Å². The third-order valence-electron chi connectivity index (χ3n) is 3.50. The molecule has 1 atom stereocenters. The molecule has 6 nitrogen and oxygen atoms in total. The molecule has 0 saturated heterocycles. The first-order chi connectivity index (χ1) is 12.7. The Hall–Kier alpha value is -1.17. The van der Waals surface area contributed by atoms with E-state index in [9.17, 15) is 13.0 Å². The van der Waals surface area contributed by atoms with Crippen molar-refractivity contribution in [1.82, 2.24) is 10.6 Å². The van der Waals surface area contributed by atoms with E-state index >= 15 is 0 Å². The molecule has 1 rings (SSSR count). The van der Waals surface area contributed by atoms with Crippen LogP contribution >= 0.6 is 24.0 Å². The summed E-state index contributed by atoms with van der Waals surface area (Å²) in [5.74, 6) is 1.22. The van der Waals surface area contributed by atoms with Gasteiger partial charge in [0.25, 0.3) is 0 Å². The Morgan fingerprint density at radius 2 is 1.96 bits per heavy atom. The van der Waals surface area contributed by atoms with Gasteiger partial charge in [-0.1, -0.05) is 12.1 Å². The van der Waals surface area contributed by atoms with Crippen LogP contribution in [0.2, 0.25) is 0 Å². The number of nitrogens with zero attached hydrogens (tertiary/aromatic N) is 1. The summed E-state index contributed by atoms with van der Waals surface area (Å²) < 4.78 is 47.3. The predicted octanol–water partition coefficient (Wildman–Crippen LogP) is 3.52. The zero-order valence-corrected chi connectivity index (χ0v) is 20.0. The van der Waals surface area contributed by atoms with Crippen LogP contribution in [0, 0.1) is 0 Å². The number of benzene rings is 1. The fourth-order valence-corrected chi connectivity index (χ4v) is 3.06. The van der Waals surface area contributed by atoms with E-state index < -0.39 is 17.4 Å². The van der Waals surface area contributed by atoms with Gasteiger partial charge in [-0.05, 0) is 33.8 Å². The average Bonchev–Trinajstić information content (AvgIpc) is 2.58. The molecular weight excluding hydrogens is 503 g/mol. The molecule has 0 aliphatic carbocycles. The highest BCUT2D eigenvalue weighted by molar-refractivity contribution is 14.0. The Balaban J connectivity index is 0.00000729. The van der Waals surface area contributed by atoms with Crippen LogP contribution in [-0.4, -0.2) is 47.5 Å². The van der Waals surface area contributed by atoms with Gasteiger partial charge in [0, 0.05) is 47.0 Å². The number of halogens is 3. The minimum absolute atomic E-state index is 0. The largest absolute Gasteiger partial charge is 0.490 e. The Morgan fingerprint density at radius 3 is 2.50 bits per heavy atom. The molecule has 1 aromatic carbocycles. The fourth-order valence-electron chi connectivity index (χ4n) is 2.16. The van der Waals surface area contributed by atoms with Crippen LogP contribution in [0.1, 0.15) is 33.3 Å². The van der Waals surface area contributed by atoms with Crippen molar-refractivity contribution in [2.45, 2.75) is 45.6 Å². The number of rotatable bonds is 9. The van der Waals surface area contributed by atoms with Gasteiger partial charge < -0.3 is 20.1 Å². The van der Waals surface area contributed by atoms with Crippen LogP contribution < -0.4 is 20.1 Å². The summed E-state index contributed by atoms with van der Waals surface area (Å²) in [6, 6.07) is 4.97. The molecule has 0 saturated carbocycles. The van der Waals surface area contributed by atoms with Crippen molar-refractivity contribution in [3.05, 3.63) is 23.8 Å². The van der Waals surface area contributed by atoms with Gasteiger partial charge in [-0.2, -0.15) is 8.78 Å². The molecule has 0 spiro atoms. The topological polar surface area (TPSA) is 72.0 Å². The maximum absolute atomic E-state index is 12.8. The van der Waals surface area contributed by atoms with Crippen LogP contribution in [-0.2, 0) is 17.3 Å². The molecule has 162 valence electrons. The number of alkyl halides is 2. The smallest absolute Gasteiger partial charge is 0.387 e. The Kier molecular flexibility index (Phi) is 12.6. The molecule has 0 fully saturated rings. The first kappa shape index (κ1) is 26.8. The van der Waals surface area contributed by atoms with Gasteiger partial charge in [-0.3, -0.25) is 9.20 Å². The molecule has 28 heavy (non-hydrogen) atoms. The van der Waals surface area contributed by atoms with E-state index in [0.29, 0.717) is 30.4 Å². The van der Waals surface area contributed by atoms with E-state index in [1.807, 2.05) is 20.8 Å². The summed E-state index contributed by atoms with van der Waals surface area (Å²) >= 11 is 0. The van der Waals surface area contributed by atoms with E-state index in [1.54, 1.807) is 32.2 Å². The molecule has 10 heteroatoms. The summed E-state index contributed by atoms with van der Waals surface area (Å²) in [4.78, 5) is 4.09. The van der Waals surface area contributed by atoms with Crippen molar-refractivity contribution < 1.29 is 22.5 Å². The van der Waals surface area contributed by atoms with E-state index in [-0.39, 0.29) is 46.8 Å². The normalized spacial score (nSPS) is 12.9. The molecule has 0 aromatic heterocycles. The lowest BCUT2D eigenvalue weighted by atomic mass is 10.2. The second-order valence-electron chi connectivity index (χ2n) is 6.57. The van der Waals surface area contributed by atoms with Crippen molar-refractivity contribution in [3.63, 3.8) is 0 Å². The molecule has 0 radical (unpaired) electrons. The van der Waals surface area contributed by atoms with E-state index in [2.05, 4.69) is 20.4 Å². The molecular formula is C18H30F2IN3O3S. The number of para-hydroxylation sites is 1. The molecule has 0 heterocycles. The molecule has 0 bridgehead atoms.